The zero-order valence-electron chi connectivity index (χ0n) is 80.4. The van der Waals surface area contributed by atoms with E-state index in [0.717, 1.165) is 195 Å². The molecule has 17 nitrogen and oxygen atoms in total. The molecule has 0 atom stereocenters. The molecule has 696 valence electrons. The summed E-state index contributed by atoms with van der Waals surface area (Å²) < 4.78 is 0. The van der Waals surface area contributed by atoms with Crippen molar-refractivity contribution in [3.05, 3.63) is 516 Å². The fourth-order valence-corrected chi connectivity index (χ4v) is 17.7. The molecular weight excluding hydrogens is 1800 g/mol. The van der Waals surface area contributed by atoms with Crippen molar-refractivity contribution in [2.75, 3.05) is 0 Å². The van der Waals surface area contributed by atoms with E-state index in [-0.39, 0.29) is 0 Å². The van der Waals surface area contributed by atoms with Crippen LogP contribution >= 0.6 is 0 Å². The predicted molar refractivity (Wildman–Crippen MR) is 590 cm³/mol. The second-order valence-corrected chi connectivity index (χ2v) is 35.4. The summed E-state index contributed by atoms with van der Waals surface area (Å²) in [4.78, 5) is 80.1. The summed E-state index contributed by atoms with van der Waals surface area (Å²) in [6, 6.07) is 152. The highest BCUT2D eigenvalue weighted by atomic mass is 15.1. The zero-order chi connectivity index (χ0) is 99.0. The second kappa shape index (κ2) is 43.0. The van der Waals surface area contributed by atoms with Gasteiger partial charge in [-0.3, -0.25) is 29.9 Å². The minimum atomic E-state index is 0.606. The highest BCUT2D eigenvalue weighted by Crippen LogP contribution is 2.42. The lowest BCUT2D eigenvalue weighted by Gasteiger charge is -2.13. The van der Waals surface area contributed by atoms with Gasteiger partial charge in [0.25, 0.3) is 0 Å². The van der Waals surface area contributed by atoms with Crippen LogP contribution in [0.25, 0.3) is 237 Å². The number of hydrogen-bond acceptors (Lipinski definition) is 17. The van der Waals surface area contributed by atoms with E-state index in [9.17, 15) is 0 Å². The van der Waals surface area contributed by atoms with Crippen molar-refractivity contribution in [2.45, 2.75) is 20.8 Å². The Bertz CT molecular complexity index is 7710. The maximum atomic E-state index is 5.05. The van der Waals surface area contributed by atoms with Gasteiger partial charge in [0.05, 0.1) is 17.6 Å². The molecular formula is C130H91N17. The van der Waals surface area contributed by atoms with E-state index in [0.29, 0.717) is 58.2 Å². The molecule has 15 aromatic carbocycles. The number of aryl methyl sites for hydroxylation is 3. The van der Waals surface area contributed by atoms with Gasteiger partial charge >= 0.3 is 0 Å². The molecule has 24 aromatic rings. The van der Waals surface area contributed by atoms with Crippen LogP contribution in [0.4, 0.5) is 0 Å². The molecule has 0 amide bonds. The summed E-state index contributed by atoms with van der Waals surface area (Å²) in [5, 5.41) is 0. The second-order valence-electron chi connectivity index (χ2n) is 35.4. The van der Waals surface area contributed by atoms with Crippen molar-refractivity contribution >= 4 is 0 Å². The topological polar surface area (TPSA) is 219 Å². The monoisotopic (exact) mass is 1890 g/mol. The van der Waals surface area contributed by atoms with Gasteiger partial charge in [0.15, 0.2) is 58.2 Å². The van der Waals surface area contributed by atoms with E-state index in [1.54, 1.807) is 31.0 Å². The van der Waals surface area contributed by atoms with Crippen LogP contribution in [-0.4, -0.2) is 84.7 Å². The molecule has 0 aliphatic carbocycles. The largest absolute Gasteiger partial charge is 0.262 e. The van der Waals surface area contributed by atoms with Gasteiger partial charge in [0.2, 0.25) is 0 Å². The number of benzene rings is 15. The van der Waals surface area contributed by atoms with Crippen LogP contribution < -0.4 is 0 Å². The van der Waals surface area contributed by atoms with E-state index in [2.05, 4.69) is 258 Å². The first kappa shape index (κ1) is 92.1. The number of aromatic nitrogens is 17. The summed E-state index contributed by atoms with van der Waals surface area (Å²) in [7, 11) is 0. The summed E-state index contributed by atoms with van der Waals surface area (Å²) >= 11 is 0. The smallest absolute Gasteiger partial charge is 0.164 e. The minimum absolute atomic E-state index is 0.606. The summed E-state index contributed by atoms with van der Waals surface area (Å²) in [6.45, 7) is 6.04. The Morgan fingerprint density at radius 3 is 0.571 bits per heavy atom. The molecule has 0 unspecified atom stereocenters. The molecule has 0 bridgehead atoms. The first-order valence-electron chi connectivity index (χ1n) is 48.4. The Morgan fingerprint density at radius 2 is 0.327 bits per heavy atom. The third kappa shape index (κ3) is 21.9. The van der Waals surface area contributed by atoms with E-state index >= 15 is 0 Å². The van der Waals surface area contributed by atoms with Gasteiger partial charge in [-0.1, -0.05) is 334 Å². The molecule has 17 heteroatoms. The quantitative estimate of drug-likeness (QED) is 0.0653. The lowest BCUT2D eigenvalue weighted by molar-refractivity contribution is 1.07. The van der Waals surface area contributed by atoms with Crippen LogP contribution in [0, 0.1) is 20.8 Å². The van der Waals surface area contributed by atoms with E-state index in [1.807, 2.05) is 270 Å². The average Bonchev–Trinajstić information content (AvgIpc) is 0.784. The maximum Gasteiger partial charge on any atom is 0.164 e. The molecule has 0 aliphatic rings. The average molecular weight is 1890 g/mol. The Hall–Kier alpha value is -19.9. The standard InChI is InChI=1S/C44H31N5.2C43H30N6/c1-30-26-37(23-25-45-30)31-15-17-32(18-16-31)38-27-39(33-19-21-34(22-20-33)41-14-8-9-24-46-41)29-40(28-38)44-48-42(35-10-4-2-5-11-35)47-43(49-44)36-12-6-3-7-13-36;1-29-25-36(21-24-44-29)30-13-15-31(16-14-30)37-26-38(32-17-19-35(20-18-32)40-45-22-8-23-46-40)28-39(27-37)43-48-41(33-9-4-2-5-10-33)47-42(49-43)34-11-6-3-7-12-34;1-29-24-36(20-21-45-29)30-12-14-31(15-13-30)37-25-38(32-16-18-33(19-17-32)40-28-44-22-23-46-40)27-39(26-37)43-48-41(34-8-4-2-5-9-34)47-42(49-43)35-10-6-3-7-11-35/h2-29H,1H3;2*2-28H,1H3. The van der Waals surface area contributed by atoms with Crippen LogP contribution in [0.15, 0.2) is 499 Å². The normalized spacial score (nSPS) is 11.0. The predicted octanol–water partition coefficient (Wildman–Crippen LogP) is 30.7. The van der Waals surface area contributed by atoms with Crippen molar-refractivity contribution in [3.63, 3.8) is 0 Å². The van der Waals surface area contributed by atoms with Gasteiger partial charge in [-0.15, -0.1) is 0 Å². The lowest BCUT2D eigenvalue weighted by Crippen LogP contribution is -2.00. The molecule has 0 N–H and O–H groups in total. The first-order valence-corrected chi connectivity index (χ1v) is 48.4. The zero-order valence-corrected chi connectivity index (χ0v) is 80.4. The van der Waals surface area contributed by atoms with Crippen LogP contribution in [0.1, 0.15) is 17.1 Å². The lowest BCUT2D eigenvalue weighted by atomic mass is 9.94. The number of nitrogens with zero attached hydrogens (tertiary/aromatic N) is 17. The summed E-state index contributed by atoms with van der Waals surface area (Å²) in [5.74, 6) is 6.29. The number of hydrogen-bond donors (Lipinski definition) is 0. The van der Waals surface area contributed by atoms with Crippen LogP contribution in [0.2, 0.25) is 0 Å². The van der Waals surface area contributed by atoms with Gasteiger partial charge in [-0.2, -0.15) is 0 Å². The molecule has 0 saturated heterocycles. The molecule has 0 aliphatic heterocycles. The van der Waals surface area contributed by atoms with Gasteiger partial charge in [-0.25, -0.2) is 54.8 Å². The third-order valence-electron chi connectivity index (χ3n) is 25.3. The molecule has 0 radical (unpaired) electrons. The molecule has 0 spiro atoms. The van der Waals surface area contributed by atoms with Crippen LogP contribution in [-0.2, 0) is 0 Å². The van der Waals surface area contributed by atoms with Crippen molar-refractivity contribution in [3.8, 4) is 237 Å². The molecule has 147 heavy (non-hydrogen) atoms. The van der Waals surface area contributed by atoms with Crippen LogP contribution in [0.3, 0.4) is 0 Å². The first-order chi connectivity index (χ1) is 72.5. The van der Waals surface area contributed by atoms with E-state index in [4.69, 9.17) is 44.9 Å². The molecule has 24 rings (SSSR count). The van der Waals surface area contributed by atoms with E-state index in [1.165, 1.54) is 0 Å². The third-order valence-corrected chi connectivity index (χ3v) is 25.3. The fourth-order valence-electron chi connectivity index (χ4n) is 17.7. The highest BCUT2D eigenvalue weighted by Gasteiger charge is 2.22. The van der Waals surface area contributed by atoms with Gasteiger partial charge in [0, 0.05) is 133 Å². The Morgan fingerprint density at radius 1 is 0.116 bits per heavy atom. The van der Waals surface area contributed by atoms with Crippen LogP contribution in [0.5, 0.6) is 0 Å². The van der Waals surface area contributed by atoms with Crippen molar-refractivity contribution in [1.29, 1.82) is 0 Å². The molecule has 0 saturated carbocycles. The summed E-state index contributed by atoms with van der Waals surface area (Å²) in [6.07, 6.45) is 16.1. The Balaban J connectivity index is 0.000000125. The van der Waals surface area contributed by atoms with Crippen molar-refractivity contribution < 1.29 is 0 Å². The molecule has 9 heterocycles. The van der Waals surface area contributed by atoms with Crippen molar-refractivity contribution in [2.24, 2.45) is 0 Å². The highest BCUT2D eigenvalue weighted by molar-refractivity contribution is 5.87. The number of pyridine rings is 4. The Labute approximate surface area is 852 Å². The minimum Gasteiger partial charge on any atom is -0.262 e. The SMILES string of the molecule is Cc1cc(-c2ccc(-c3cc(-c4ccc(-c5ccccn5)cc4)cc(-c4nc(-c5ccccc5)nc(-c5ccccc5)n4)c3)cc2)ccn1.Cc1cc(-c2ccc(-c3cc(-c4ccc(-c5cnccn5)cc4)cc(-c4nc(-c5ccccc5)nc(-c5ccccc5)n4)c3)cc2)ccn1.Cc1cc(-c2ccc(-c3cc(-c4ccc(-c5ncccn5)cc4)cc(-c4nc(-c5ccccc5)nc(-c5ccccc5)n4)c3)cc2)ccn1. The Kier molecular flexibility index (Phi) is 27.0. The molecule has 9 aromatic heterocycles. The molecule has 0 fully saturated rings. The van der Waals surface area contributed by atoms with Gasteiger partial charge in [-0.05, 0) is 230 Å². The van der Waals surface area contributed by atoms with Gasteiger partial charge in [0.1, 0.15) is 0 Å². The fraction of sp³-hybridized carbons (Fsp3) is 0.0231. The number of rotatable bonds is 21. The van der Waals surface area contributed by atoms with E-state index < -0.39 is 0 Å². The maximum absolute atomic E-state index is 5.05. The summed E-state index contributed by atoms with van der Waals surface area (Å²) in [5.41, 5.74) is 35.8. The van der Waals surface area contributed by atoms with Crippen molar-refractivity contribution in [1.82, 2.24) is 84.7 Å². The van der Waals surface area contributed by atoms with Gasteiger partial charge < -0.3 is 0 Å².